The first kappa shape index (κ1) is 13.0. The van der Waals surface area contributed by atoms with Gasteiger partial charge in [0.25, 0.3) is 5.91 Å². The Balaban J connectivity index is 2.06. The third-order valence-electron chi connectivity index (χ3n) is 2.71. The number of carbonyl (C=O) groups is 1. The Hall–Kier alpha value is -1.43. The van der Waals surface area contributed by atoms with Gasteiger partial charge in [0.15, 0.2) is 0 Å². The Morgan fingerprint density at radius 3 is 2.83 bits per heavy atom. The molecule has 1 amide bonds. The molecule has 1 aromatic heterocycles. The van der Waals surface area contributed by atoms with Crippen LogP contribution in [0.25, 0.3) is 0 Å². The third-order valence-corrected chi connectivity index (χ3v) is 3.65. The molecule has 1 N–H and O–H groups in total. The molecule has 0 aliphatic rings. The summed E-state index contributed by atoms with van der Waals surface area (Å²) < 4.78 is 0.954. The summed E-state index contributed by atoms with van der Waals surface area (Å²) in [7, 11) is 0. The van der Waals surface area contributed by atoms with Crippen LogP contribution >= 0.6 is 22.6 Å². The lowest BCUT2D eigenvalue weighted by Crippen LogP contribution is -2.24. The highest BCUT2D eigenvalue weighted by molar-refractivity contribution is 14.1. The lowest BCUT2D eigenvalue weighted by atomic mass is 10.1. The normalized spacial score (nSPS) is 10.1. The van der Waals surface area contributed by atoms with E-state index in [1.165, 1.54) is 0 Å². The Kier molecular flexibility index (Phi) is 4.30. The van der Waals surface area contributed by atoms with Gasteiger partial charge < -0.3 is 5.32 Å². The third kappa shape index (κ3) is 3.07. The van der Waals surface area contributed by atoms with Crippen molar-refractivity contribution in [2.45, 2.75) is 13.5 Å². The minimum atomic E-state index is -0.0525. The molecule has 3 nitrogen and oxygen atoms in total. The van der Waals surface area contributed by atoms with E-state index in [0.29, 0.717) is 12.1 Å². The highest BCUT2D eigenvalue weighted by atomic mass is 127. The van der Waals surface area contributed by atoms with Crippen molar-refractivity contribution in [2.75, 3.05) is 0 Å². The van der Waals surface area contributed by atoms with Crippen LogP contribution in [0.4, 0.5) is 0 Å². The van der Waals surface area contributed by atoms with Crippen LogP contribution in [0.15, 0.2) is 42.7 Å². The number of hydrogen-bond donors (Lipinski definition) is 1. The van der Waals surface area contributed by atoms with Crippen molar-refractivity contribution < 1.29 is 4.79 Å². The molecule has 92 valence electrons. The number of pyridine rings is 1. The number of hydrogen-bond acceptors (Lipinski definition) is 2. The van der Waals surface area contributed by atoms with E-state index in [1.807, 2.05) is 37.3 Å². The number of aryl methyl sites for hydroxylation is 1. The number of amides is 1. The fraction of sp³-hybridized carbons (Fsp3) is 0.143. The van der Waals surface area contributed by atoms with Gasteiger partial charge in [0.05, 0.1) is 5.56 Å². The zero-order valence-corrected chi connectivity index (χ0v) is 12.1. The Morgan fingerprint density at radius 1 is 1.33 bits per heavy atom. The molecule has 0 unspecified atom stereocenters. The second-order valence-electron chi connectivity index (χ2n) is 3.96. The van der Waals surface area contributed by atoms with Crippen LogP contribution < -0.4 is 5.32 Å². The van der Waals surface area contributed by atoms with Crippen molar-refractivity contribution in [3.05, 3.63) is 63.0 Å². The molecule has 0 bridgehead atoms. The molecule has 2 rings (SSSR count). The van der Waals surface area contributed by atoms with Gasteiger partial charge in [0, 0.05) is 22.5 Å². The largest absolute Gasteiger partial charge is 0.348 e. The topological polar surface area (TPSA) is 42.0 Å². The molecule has 1 aromatic carbocycles. The van der Waals surface area contributed by atoms with Gasteiger partial charge in [0.1, 0.15) is 0 Å². The van der Waals surface area contributed by atoms with Crippen molar-refractivity contribution in [3.8, 4) is 0 Å². The standard InChI is InChI=1S/C14H13IN2O/c1-10-6-7-16-8-11(10)9-17-14(18)12-4-2-3-5-13(12)15/h2-8H,9H2,1H3,(H,17,18). The molecule has 18 heavy (non-hydrogen) atoms. The number of aromatic nitrogens is 1. The number of rotatable bonds is 3. The van der Waals surface area contributed by atoms with Crippen molar-refractivity contribution in [1.82, 2.24) is 10.3 Å². The van der Waals surface area contributed by atoms with E-state index < -0.39 is 0 Å². The number of halogens is 1. The molecule has 4 heteroatoms. The monoisotopic (exact) mass is 352 g/mol. The lowest BCUT2D eigenvalue weighted by Gasteiger charge is -2.08. The summed E-state index contributed by atoms with van der Waals surface area (Å²) in [6.07, 6.45) is 3.53. The summed E-state index contributed by atoms with van der Waals surface area (Å²) >= 11 is 2.16. The van der Waals surface area contributed by atoms with Gasteiger partial charge in [-0.25, -0.2) is 0 Å². The number of nitrogens with one attached hydrogen (secondary N) is 1. The Morgan fingerprint density at radius 2 is 2.11 bits per heavy atom. The molecular formula is C14H13IN2O. The summed E-state index contributed by atoms with van der Waals surface area (Å²) in [6, 6.07) is 9.47. The van der Waals surface area contributed by atoms with Gasteiger partial charge in [-0.1, -0.05) is 12.1 Å². The smallest absolute Gasteiger partial charge is 0.252 e. The lowest BCUT2D eigenvalue weighted by molar-refractivity contribution is 0.0950. The second-order valence-corrected chi connectivity index (χ2v) is 5.13. The average Bonchev–Trinajstić information content (AvgIpc) is 2.38. The van der Waals surface area contributed by atoms with Crippen LogP contribution in [0.5, 0.6) is 0 Å². The van der Waals surface area contributed by atoms with E-state index in [4.69, 9.17) is 0 Å². The van der Waals surface area contributed by atoms with Gasteiger partial charge in [-0.05, 0) is 58.8 Å². The maximum absolute atomic E-state index is 12.0. The van der Waals surface area contributed by atoms with E-state index in [0.717, 1.165) is 14.7 Å². The van der Waals surface area contributed by atoms with Gasteiger partial charge in [-0.3, -0.25) is 9.78 Å². The predicted octanol–water partition coefficient (Wildman–Crippen LogP) is 2.92. The maximum atomic E-state index is 12.0. The molecule has 0 fully saturated rings. The van der Waals surface area contributed by atoms with E-state index in [1.54, 1.807) is 12.4 Å². The molecule has 0 radical (unpaired) electrons. The first-order valence-electron chi connectivity index (χ1n) is 5.60. The number of nitrogens with zero attached hydrogens (tertiary/aromatic N) is 1. The number of benzene rings is 1. The molecule has 0 saturated carbocycles. The average molecular weight is 352 g/mol. The van der Waals surface area contributed by atoms with Crippen LogP contribution in [-0.4, -0.2) is 10.9 Å². The minimum absolute atomic E-state index is 0.0525. The van der Waals surface area contributed by atoms with E-state index >= 15 is 0 Å². The molecule has 2 aromatic rings. The zero-order valence-electron chi connectivity index (χ0n) is 9.98. The summed E-state index contributed by atoms with van der Waals surface area (Å²) in [6.45, 7) is 2.51. The van der Waals surface area contributed by atoms with Crippen LogP contribution in [-0.2, 0) is 6.54 Å². The molecule has 0 aliphatic carbocycles. The van der Waals surface area contributed by atoms with E-state index in [-0.39, 0.29) is 5.91 Å². The first-order valence-corrected chi connectivity index (χ1v) is 6.68. The van der Waals surface area contributed by atoms with Crippen molar-refractivity contribution >= 4 is 28.5 Å². The molecule has 0 aliphatic heterocycles. The molecular weight excluding hydrogens is 339 g/mol. The van der Waals surface area contributed by atoms with E-state index in [9.17, 15) is 4.79 Å². The van der Waals surface area contributed by atoms with Gasteiger partial charge >= 0.3 is 0 Å². The fourth-order valence-electron chi connectivity index (χ4n) is 1.60. The molecule has 0 spiro atoms. The first-order chi connectivity index (χ1) is 8.68. The quantitative estimate of drug-likeness (QED) is 0.864. The highest BCUT2D eigenvalue weighted by Gasteiger charge is 2.08. The van der Waals surface area contributed by atoms with Crippen LogP contribution in [0.1, 0.15) is 21.5 Å². The SMILES string of the molecule is Cc1ccncc1CNC(=O)c1ccccc1I. The number of carbonyl (C=O) groups excluding carboxylic acids is 1. The highest BCUT2D eigenvalue weighted by Crippen LogP contribution is 2.11. The van der Waals surface area contributed by atoms with Gasteiger partial charge in [0.2, 0.25) is 0 Å². The maximum Gasteiger partial charge on any atom is 0.252 e. The molecule has 0 saturated heterocycles. The van der Waals surface area contributed by atoms with Gasteiger partial charge in [-0.15, -0.1) is 0 Å². The predicted molar refractivity (Wildman–Crippen MR) is 79.3 cm³/mol. The second kappa shape index (κ2) is 5.95. The summed E-state index contributed by atoms with van der Waals surface area (Å²) in [4.78, 5) is 16.1. The van der Waals surface area contributed by atoms with Crippen LogP contribution in [0, 0.1) is 10.5 Å². The van der Waals surface area contributed by atoms with Crippen molar-refractivity contribution in [2.24, 2.45) is 0 Å². The van der Waals surface area contributed by atoms with E-state index in [2.05, 4.69) is 32.9 Å². The fourth-order valence-corrected chi connectivity index (χ4v) is 2.23. The summed E-state index contributed by atoms with van der Waals surface area (Å²) in [5, 5.41) is 2.91. The van der Waals surface area contributed by atoms with Crippen molar-refractivity contribution in [3.63, 3.8) is 0 Å². The van der Waals surface area contributed by atoms with Crippen LogP contribution in [0.2, 0.25) is 0 Å². The zero-order chi connectivity index (χ0) is 13.0. The molecule has 0 atom stereocenters. The summed E-state index contributed by atoms with van der Waals surface area (Å²) in [5.41, 5.74) is 2.88. The summed E-state index contributed by atoms with van der Waals surface area (Å²) in [5.74, 6) is -0.0525. The minimum Gasteiger partial charge on any atom is -0.348 e. The Labute approximate surface area is 120 Å². The Bertz CT molecular complexity index is 569. The van der Waals surface area contributed by atoms with Crippen LogP contribution in [0.3, 0.4) is 0 Å². The molecule has 1 heterocycles. The van der Waals surface area contributed by atoms with Gasteiger partial charge in [-0.2, -0.15) is 0 Å². The van der Waals surface area contributed by atoms with Crippen molar-refractivity contribution in [1.29, 1.82) is 0 Å².